The third-order valence-corrected chi connectivity index (χ3v) is 7.67. The molecule has 12 heteroatoms. The van der Waals surface area contributed by atoms with E-state index in [-0.39, 0.29) is 36.4 Å². The number of anilines is 1. The summed E-state index contributed by atoms with van der Waals surface area (Å²) < 4.78 is 42.3. The summed E-state index contributed by atoms with van der Waals surface area (Å²) in [5.41, 5.74) is -2.22. The van der Waals surface area contributed by atoms with Crippen molar-refractivity contribution >= 4 is 34.3 Å². The number of nitrogens with zero attached hydrogens (tertiary/aromatic N) is 3. The Kier molecular flexibility index (Phi) is 6.38. The second-order valence-corrected chi connectivity index (χ2v) is 11.0. The molecule has 3 atom stereocenters. The average molecular weight is 554 g/mol. The molecule has 3 heterocycles. The summed E-state index contributed by atoms with van der Waals surface area (Å²) in [7, 11) is 1.28. The molecule has 2 aliphatic heterocycles. The molecule has 0 bridgehead atoms. The molecule has 2 aromatic carbocycles. The summed E-state index contributed by atoms with van der Waals surface area (Å²) in [5, 5.41) is 23.0. The standard InChI is InChI=1S/C28H26F3N5O4/c1-27(2,40)11-21(35(3)24(37)20-8-15-17(29)9-18(30)22(31)23(15)33-20)25(38)36-13-28(10-14(36)12-32)16-6-4-5-7-19(16)34-26(28)39/h4-9,14,21,33,40H,10-11,13H2,1-3H3,(H,34,39)/t14-,21-,28-/m0/s1. The summed E-state index contributed by atoms with van der Waals surface area (Å²) in [6, 6.07) is 8.15. The minimum Gasteiger partial charge on any atom is -0.390 e. The molecule has 0 saturated carbocycles. The molecule has 9 nitrogen and oxygen atoms in total. The van der Waals surface area contributed by atoms with Gasteiger partial charge in [0.15, 0.2) is 11.6 Å². The molecular weight excluding hydrogens is 527 g/mol. The van der Waals surface area contributed by atoms with E-state index in [0.29, 0.717) is 17.3 Å². The van der Waals surface area contributed by atoms with Gasteiger partial charge in [-0.05, 0) is 31.5 Å². The number of nitriles is 1. The monoisotopic (exact) mass is 553 g/mol. The minimum atomic E-state index is -1.45. The summed E-state index contributed by atoms with van der Waals surface area (Å²) in [5.74, 6) is -5.76. The average Bonchev–Trinajstić information content (AvgIpc) is 3.59. The van der Waals surface area contributed by atoms with Crippen molar-refractivity contribution in [2.75, 3.05) is 18.9 Å². The smallest absolute Gasteiger partial charge is 0.270 e. The second-order valence-electron chi connectivity index (χ2n) is 11.0. The molecule has 3 amide bonds. The fourth-order valence-corrected chi connectivity index (χ4v) is 5.68. The zero-order chi connectivity index (χ0) is 29.1. The summed E-state index contributed by atoms with van der Waals surface area (Å²) >= 11 is 0. The van der Waals surface area contributed by atoms with E-state index in [4.69, 9.17) is 0 Å². The van der Waals surface area contributed by atoms with Crippen molar-refractivity contribution in [1.82, 2.24) is 14.8 Å². The van der Waals surface area contributed by atoms with Gasteiger partial charge in [-0.3, -0.25) is 14.4 Å². The quantitative estimate of drug-likeness (QED) is 0.418. The Morgan fingerprint density at radius 2 is 1.95 bits per heavy atom. The number of aliphatic hydroxyl groups is 1. The lowest BCUT2D eigenvalue weighted by Crippen LogP contribution is -2.53. The predicted octanol–water partition coefficient (Wildman–Crippen LogP) is 3.20. The minimum absolute atomic E-state index is 0.0388. The number of nitrogens with one attached hydrogen (secondary N) is 2. The lowest BCUT2D eigenvalue weighted by molar-refractivity contribution is -0.138. The maximum absolute atomic E-state index is 14.3. The third-order valence-electron chi connectivity index (χ3n) is 7.67. The predicted molar refractivity (Wildman–Crippen MR) is 137 cm³/mol. The van der Waals surface area contributed by atoms with Gasteiger partial charge >= 0.3 is 0 Å². The van der Waals surface area contributed by atoms with Crippen LogP contribution in [0.3, 0.4) is 0 Å². The van der Waals surface area contributed by atoms with Crippen LogP contribution in [-0.2, 0) is 15.0 Å². The van der Waals surface area contributed by atoms with E-state index in [1.165, 1.54) is 25.8 Å². The number of carbonyl (C=O) groups is 3. The second kappa shape index (κ2) is 9.38. The Morgan fingerprint density at radius 1 is 1.25 bits per heavy atom. The number of benzene rings is 2. The first-order valence-corrected chi connectivity index (χ1v) is 12.5. The van der Waals surface area contributed by atoms with E-state index >= 15 is 0 Å². The van der Waals surface area contributed by atoms with Gasteiger partial charge in [-0.1, -0.05) is 18.2 Å². The van der Waals surface area contributed by atoms with E-state index < -0.39 is 57.9 Å². The summed E-state index contributed by atoms with van der Waals surface area (Å²) in [6.45, 7) is 2.76. The lowest BCUT2D eigenvalue weighted by Gasteiger charge is -2.35. The largest absolute Gasteiger partial charge is 0.390 e. The van der Waals surface area contributed by atoms with Crippen LogP contribution in [0.1, 0.15) is 42.7 Å². The van der Waals surface area contributed by atoms with E-state index in [1.54, 1.807) is 24.3 Å². The van der Waals surface area contributed by atoms with Crippen molar-refractivity contribution < 1.29 is 32.7 Å². The van der Waals surface area contributed by atoms with Crippen molar-refractivity contribution in [2.45, 2.75) is 49.8 Å². The van der Waals surface area contributed by atoms with Gasteiger partial charge in [-0.25, -0.2) is 13.2 Å². The molecule has 1 spiro atoms. The highest BCUT2D eigenvalue weighted by molar-refractivity contribution is 6.07. The molecular formula is C28H26F3N5O4. The number of aromatic nitrogens is 1. The maximum Gasteiger partial charge on any atom is 0.270 e. The number of likely N-dealkylation sites (tertiary alicyclic amines) is 1. The van der Waals surface area contributed by atoms with Crippen molar-refractivity contribution in [3.8, 4) is 6.07 Å². The van der Waals surface area contributed by atoms with Gasteiger partial charge in [-0.2, -0.15) is 5.26 Å². The van der Waals surface area contributed by atoms with Crippen LogP contribution in [0.15, 0.2) is 36.4 Å². The van der Waals surface area contributed by atoms with Crippen molar-refractivity contribution in [1.29, 1.82) is 5.26 Å². The number of para-hydroxylation sites is 1. The number of hydrogen-bond donors (Lipinski definition) is 3. The number of aromatic amines is 1. The highest BCUT2D eigenvalue weighted by Crippen LogP contribution is 2.46. The fourth-order valence-electron chi connectivity index (χ4n) is 5.68. The number of carbonyl (C=O) groups excluding carboxylic acids is 3. The van der Waals surface area contributed by atoms with Crippen LogP contribution < -0.4 is 5.32 Å². The number of rotatable bonds is 5. The number of fused-ring (bicyclic) bond motifs is 3. The van der Waals surface area contributed by atoms with Gasteiger partial charge in [0, 0.05) is 43.6 Å². The highest BCUT2D eigenvalue weighted by atomic mass is 19.2. The number of amides is 3. The number of halogens is 3. The fraction of sp³-hybridized carbons (Fsp3) is 0.357. The molecule has 40 heavy (non-hydrogen) atoms. The number of likely N-dealkylation sites (N-methyl/N-ethyl adjacent to an activating group) is 1. The van der Waals surface area contributed by atoms with Gasteiger partial charge in [0.2, 0.25) is 11.8 Å². The van der Waals surface area contributed by atoms with Crippen LogP contribution in [0.4, 0.5) is 18.9 Å². The Balaban J connectivity index is 1.50. The summed E-state index contributed by atoms with van der Waals surface area (Å²) in [6.07, 6.45) is -0.215. The first-order valence-electron chi connectivity index (χ1n) is 12.5. The molecule has 1 aromatic heterocycles. The molecule has 5 rings (SSSR count). The van der Waals surface area contributed by atoms with Crippen molar-refractivity contribution in [3.05, 3.63) is 65.1 Å². The number of hydrogen-bond acceptors (Lipinski definition) is 5. The first kappa shape index (κ1) is 27.2. The molecule has 208 valence electrons. The van der Waals surface area contributed by atoms with E-state index in [1.807, 2.05) is 0 Å². The molecule has 1 fully saturated rings. The topological polar surface area (TPSA) is 130 Å². The number of H-pyrrole nitrogens is 1. The Morgan fingerprint density at radius 3 is 2.62 bits per heavy atom. The van der Waals surface area contributed by atoms with Crippen LogP contribution >= 0.6 is 0 Å². The van der Waals surface area contributed by atoms with Gasteiger partial charge < -0.3 is 25.2 Å². The normalized spacial score (nSPS) is 20.9. The van der Waals surface area contributed by atoms with E-state index in [2.05, 4.69) is 16.4 Å². The SMILES string of the molecule is CN(C(=O)c1cc2c(F)cc(F)c(F)c2[nH]1)[C@@H](CC(C)(C)O)C(=O)N1C[C@]2(C[C@H]1C#N)C(=O)Nc1ccccc12. The Hall–Kier alpha value is -4.37. The van der Waals surface area contributed by atoms with Crippen LogP contribution in [-0.4, -0.2) is 68.9 Å². The molecule has 1 saturated heterocycles. The molecule has 3 N–H and O–H groups in total. The molecule has 0 aliphatic carbocycles. The molecule has 2 aliphatic rings. The molecule has 0 unspecified atom stereocenters. The zero-order valence-electron chi connectivity index (χ0n) is 21.9. The first-order chi connectivity index (χ1) is 18.8. The van der Waals surface area contributed by atoms with Crippen LogP contribution in [0, 0.1) is 28.8 Å². The summed E-state index contributed by atoms with van der Waals surface area (Å²) in [4.78, 5) is 45.2. The Bertz CT molecular complexity index is 1610. The van der Waals surface area contributed by atoms with Gasteiger partial charge in [-0.15, -0.1) is 0 Å². The third kappa shape index (κ3) is 4.26. The molecule has 3 aromatic rings. The highest BCUT2D eigenvalue weighted by Gasteiger charge is 2.57. The van der Waals surface area contributed by atoms with Gasteiger partial charge in [0.1, 0.15) is 23.6 Å². The van der Waals surface area contributed by atoms with Crippen LogP contribution in [0.25, 0.3) is 10.9 Å². The van der Waals surface area contributed by atoms with E-state index in [0.717, 1.165) is 11.0 Å². The lowest BCUT2D eigenvalue weighted by atomic mass is 9.80. The maximum atomic E-state index is 14.3. The van der Waals surface area contributed by atoms with E-state index in [9.17, 15) is 37.9 Å². The van der Waals surface area contributed by atoms with Gasteiger partial charge in [0.25, 0.3) is 5.91 Å². The zero-order valence-corrected chi connectivity index (χ0v) is 21.9. The van der Waals surface area contributed by atoms with Crippen molar-refractivity contribution in [3.63, 3.8) is 0 Å². The van der Waals surface area contributed by atoms with Gasteiger partial charge in [0.05, 0.1) is 22.6 Å². The van der Waals surface area contributed by atoms with Crippen molar-refractivity contribution in [2.24, 2.45) is 0 Å². The van der Waals surface area contributed by atoms with Crippen LogP contribution in [0.5, 0.6) is 0 Å². The Labute approximate surface area is 227 Å². The van der Waals surface area contributed by atoms with Crippen LogP contribution in [0.2, 0.25) is 0 Å². The molecule has 0 radical (unpaired) electrons.